The number of hydrogen-bond donors (Lipinski definition) is 1. The number of nitrogens with two attached hydrogens (primary N) is 1. The first-order valence-corrected chi connectivity index (χ1v) is 7.86. The number of ether oxygens (including phenoxy) is 1. The quantitative estimate of drug-likeness (QED) is 0.637. The average molecular weight is 298 g/mol. The van der Waals surface area contributed by atoms with Crippen molar-refractivity contribution in [3.8, 4) is 5.75 Å². The van der Waals surface area contributed by atoms with Gasteiger partial charge in [0.2, 0.25) is 0 Å². The molecule has 1 atom stereocenters. The second-order valence-corrected chi connectivity index (χ2v) is 6.20. The van der Waals surface area contributed by atoms with E-state index in [4.69, 9.17) is 22.1 Å². The molecule has 0 aromatic heterocycles. The van der Waals surface area contributed by atoms with Gasteiger partial charge in [-0.05, 0) is 12.1 Å². The maximum atomic E-state index is 6.23. The zero-order valence-corrected chi connectivity index (χ0v) is 12.1. The van der Waals surface area contributed by atoms with Gasteiger partial charge in [0.1, 0.15) is 18.4 Å². The van der Waals surface area contributed by atoms with Crippen molar-refractivity contribution in [2.45, 2.75) is 6.04 Å². The zero-order valence-electron chi connectivity index (χ0n) is 10.5. The fourth-order valence-electron chi connectivity index (χ4n) is 2.35. The van der Waals surface area contributed by atoms with Gasteiger partial charge < -0.3 is 15.4 Å². The third-order valence-electron chi connectivity index (χ3n) is 3.37. The van der Waals surface area contributed by atoms with Crippen LogP contribution in [0.4, 0.5) is 0 Å². The Bertz CT molecular complexity index is 503. The van der Waals surface area contributed by atoms with E-state index in [0.29, 0.717) is 17.6 Å². The molecule has 0 aliphatic carbocycles. The Kier molecular flexibility index (Phi) is 3.75. The van der Waals surface area contributed by atoms with Crippen molar-refractivity contribution in [2.75, 3.05) is 31.2 Å². The Hall–Kier alpha value is -1.07. The highest BCUT2D eigenvalue weighted by Gasteiger charge is 2.27. The minimum atomic E-state index is -0.0849. The van der Waals surface area contributed by atoms with E-state index >= 15 is 0 Å². The van der Waals surface area contributed by atoms with Crippen LogP contribution in [0, 0.1) is 0 Å². The summed E-state index contributed by atoms with van der Waals surface area (Å²) in [5, 5.41) is 0.700. The molecule has 2 N–H and O–H groups in total. The first-order chi connectivity index (χ1) is 9.25. The molecule has 2 heterocycles. The molecule has 4 nitrogen and oxygen atoms in total. The van der Waals surface area contributed by atoms with Crippen LogP contribution in [0.2, 0.25) is 5.02 Å². The fraction of sp³-hybridized carbons (Fsp3) is 0.462. The molecule has 0 saturated carbocycles. The molecule has 0 spiro atoms. The monoisotopic (exact) mass is 297 g/mol. The number of hydrogen-bond acceptors (Lipinski definition) is 3. The lowest BCUT2D eigenvalue weighted by atomic mass is 10.1. The summed E-state index contributed by atoms with van der Waals surface area (Å²) in [5.74, 6) is 3.63. The van der Waals surface area contributed by atoms with Crippen LogP contribution in [-0.4, -0.2) is 42.1 Å². The van der Waals surface area contributed by atoms with Gasteiger partial charge in [0.25, 0.3) is 0 Å². The predicted molar refractivity (Wildman–Crippen MR) is 80.2 cm³/mol. The average Bonchev–Trinajstić information content (AvgIpc) is 2.84. The van der Waals surface area contributed by atoms with Crippen LogP contribution in [0.25, 0.3) is 0 Å². The first kappa shape index (κ1) is 12.9. The van der Waals surface area contributed by atoms with Gasteiger partial charge in [-0.2, -0.15) is 11.8 Å². The maximum Gasteiger partial charge on any atom is 0.192 e. The van der Waals surface area contributed by atoms with Crippen LogP contribution >= 0.6 is 23.4 Å². The van der Waals surface area contributed by atoms with Gasteiger partial charge in [-0.15, -0.1) is 0 Å². The van der Waals surface area contributed by atoms with Crippen molar-refractivity contribution < 1.29 is 4.74 Å². The molecule has 2 aliphatic heterocycles. The molecule has 1 aromatic rings. The highest BCUT2D eigenvalue weighted by molar-refractivity contribution is 7.99. The SMILES string of the molecule is NC(=NC1COc2cccc(Cl)c21)N1CCSCC1. The molecular formula is C13H16ClN3OS. The van der Waals surface area contributed by atoms with Crippen molar-refractivity contribution in [2.24, 2.45) is 10.7 Å². The Balaban J connectivity index is 1.81. The van der Waals surface area contributed by atoms with Crippen molar-refractivity contribution in [3.63, 3.8) is 0 Å². The van der Waals surface area contributed by atoms with Gasteiger partial charge in [-0.3, -0.25) is 0 Å². The molecule has 0 amide bonds. The Morgan fingerprint density at radius 2 is 2.21 bits per heavy atom. The summed E-state index contributed by atoms with van der Waals surface area (Å²) >= 11 is 8.18. The number of guanidine groups is 1. The first-order valence-electron chi connectivity index (χ1n) is 6.33. The highest BCUT2D eigenvalue weighted by atomic mass is 35.5. The topological polar surface area (TPSA) is 50.9 Å². The van der Waals surface area contributed by atoms with Crippen LogP contribution in [-0.2, 0) is 0 Å². The smallest absolute Gasteiger partial charge is 0.192 e. The maximum absolute atomic E-state index is 6.23. The summed E-state index contributed by atoms with van der Waals surface area (Å²) in [6.45, 7) is 2.44. The molecule has 0 radical (unpaired) electrons. The molecule has 3 rings (SSSR count). The van der Waals surface area contributed by atoms with Crippen LogP contribution in [0.15, 0.2) is 23.2 Å². The summed E-state index contributed by atoms with van der Waals surface area (Å²) < 4.78 is 5.61. The van der Waals surface area contributed by atoms with E-state index in [1.54, 1.807) is 0 Å². The number of halogens is 1. The van der Waals surface area contributed by atoms with Crippen molar-refractivity contribution >= 4 is 29.3 Å². The van der Waals surface area contributed by atoms with Crippen molar-refractivity contribution in [3.05, 3.63) is 28.8 Å². The van der Waals surface area contributed by atoms with Crippen LogP contribution in [0.3, 0.4) is 0 Å². The Labute approximate surface area is 122 Å². The molecule has 102 valence electrons. The van der Waals surface area contributed by atoms with E-state index < -0.39 is 0 Å². The van der Waals surface area contributed by atoms with Gasteiger partial charge in [0.15, 0.2) is 5.96 Å². The van der Waals surface area contributed by atoms with E-state index in [2.05, 4.69) is 9.89 Å². The summed E-state index contributed by atoms with van der Waals surface area (Å²) in [7, 11) is 0. The molecule has 6 heteroatoms. The second-order valence-electron chi connectivity index (χ2n) is 4.57. The van der Waals surface area contributed by atoms with Crippen LogP contribution in [0.5, 0.6) is 5.75 Å². The minimum Gasteiger partial charge on any atom is -0.491 e. The van der Waals surface area contributed by atoms with E-state index in [1.807, 2.05) is 30.0 Å². The summed E-state index contributed by atoms with van der Waals surface area (Å²) in [6, 6.07) is 5.59. The summed E-state index contributed by atoms with van der Waals surface area (Å²) in [4.78, 5) is 6.73. The summed E-state index contributed by atoms with van der Waals surface area (Å²) in [6.07, 6.45) is 0. The van der Waals surface area contributed by atoms with Crippen LogP contribution in [0.1, 0.15) is 11.6 Å². The van der Waals surface area contributed by atoms with Crippen LogP contribution < -0.4 is 10.5 Å². The largest absolute Gasteiger partial charge is 0.491 e. The second kappa shape index (κ2) is 5.51. The number of benzene rings is 1. The lowest BCUT2D eigenvalue weighted by molar-refractivity contribution is 0.332. The number of rotatable bonds is 1. The third-order valence-corrected chi connectivity index (χ3v) is 4.64. The lowest BCUT2D eigenvalue weighted by Crippen LogP contribution is -2.42. The Morgan fingerprint density at radius 3 is 3.00 bits per heavy atom. The highest BCUT2D eigenvalue weighted by Crippen LogP contribution is 2.39. The normalized spacial score (nSPS) is 23.1. The lowest BCUT2D eigenvalue weighted by Gasteiger charge is -2.27. The van der Waals surface area contributed by atoms with Gasteiger partial charge in [0.05, 0.1) is 0 Å². The third kappa shape index (κ3) is 2.62. The standard InChI is InChI=1S/C13H16ClN3OS/c14-9-2-1-3-11-12(9)10(8-18-11)16-13(15)17-4-6-19-7-5-17/h1-3,10H,4-8H2,(H2,15,16). The number of fused-ring (bicyclic) bond motifs is 1. The van der Waals surface area contributed by atoms with Gasteiger partial charge in [0, 0.05) is 35.2 Å². The van der Waals surface area contributed by atoms with Gasteiger partial charge in [-0.25, -0.2) is 4.99 Å². The molecule has 2 aliphatic rings. The minimum absolute atomic E-state index is 0.0849. The van der Waals surface area contributed by atoms with Gasteiger partial charge in [-0.1, -0.05) is 17.7 Å². The van der Waals surface area contributed by atoms with Crippen molar-refractivity contribution in [1.82, 2.24) is 4.90 Å². The molecular weight excluding hydrogens is 282 g/mol. The number of nitrogens with zero attached hydrogens (tertiary/aromatic N) is 2. The number of thioether (sulfide) groups is 1. The summed E-state index contributed by atoms with van der Waals surface area (Å²) in [5.41, 5.74) is 7.06. The zero-order chi connectivity index (χ0) is 13.2. The predicted octanol–water partition coefficient (Wildman–Crippen LogP) is 2.14. The molecule has 1 saturated heterocycles. The Morgan fingerprint density at radius 1 is 1.42 bits per heavy atom. The molecule has 0 bridgehead atoms. The molecule has 1 unspecified atom stereocenters. The van der Waals surface area contributed by atoms with Crippen molar-refractivity contribution in [1.29, 1.82) is 0 Å². The van der Waals surface area contributed by atoms with E-state index in [1.165, 1.54) is 0 Å². The molecule has 1 fully saturated rings. The molecule has 19 heavy (non-hydrogen) atoms. The number of aliphatic imine (C=N–C) groups is 1. The van der Waals surface area contributed by atoms with E-state index in [9.17, 15) is 0 Å². The van der Waals surface area contributed by atoms with E-state index in [-0.39, 0.29) is 6.04 Å². The molecule has 1 aromatic carbocycles. The fourth-order valence-corrected chi connectivity index (χ4v) is 3.55. The van der Waals surface area contributed by atoms with E-state index in [0.717, 1.165) is 35.9 Å². The van der Waals surface area contributed by atoms with Gasteiger partial charge >= 0.3 is 0 Å².